The predicted molar refractivity (Wildman–Crippen MR) is 62.0 cm³/mol. The second-order valence-electron chi connectivity index (χ2n) is 4.92. The van der Waals surface area contributed by atoms with Crippen molar-refractivity contribution < 1.29 is 0 Å². The Morgan fingerprint density at radius 3 is 2.93 bits per heavy atom. The van der Waals surface area contributed by atoms with E-state index in [1.807, 2.05) is 6.20 Å². The molecule has 15 heavy (non-hydrogen) atoms. The molecular formula is C12H21N3. The fraction of sp³-hybridized carbons (Fsp3) is 0.750. The maximum Gasteiger partial charge on any atom is 0.0524 e. The van der Waals surface area contributed by atoms with Gasteiger partial charge in [-0.1, -0.05) is 6.92 Å². The van der Waals surface area contributed by atoms with Crippen molar-refractivity contribution in [2.75, 3.05) is 13.1 Å². The molecule has 0 radical (unpaired) electrons. The van der Waals surface area contributed by atoms with Gasteiger partial charge in [0.05, 0.1) is 6.20 Å². The molecule has 2 heterocycles. The van der Waals surface area contributed by atoms with E-state index in [0.29, 0.717) is 12.0 Å². The smallest absolute Gasteiger partial charge is 0.0524 e. The van der Waals surface area contributed by atoms with E-state index in [1.54, 1.807) is 0 Å². The average Bonchev–Trinajstić information content (AvgIpc) is 2.67. The molecule has 1 saturated heterocycles. The minimum atomic E-state index is 0.468. The van der Waals surface area contributed by atoms with Gasteiger partial charge in [0.1, 0.15) is 0 Å². The highest BCUT2D eigenvalue weighted by molar-refractivity contribution is 5.14. The van der Waals surface area contributed by atoms with Gasteiger partial charge in [-0.3, -0.25) is 4.68 Å². The van der Waals surface area contributed by atoms with Gasteiger partial charge in [0, 0.05) is 12.2 Å². The van der Waals surface area contributed by atoms with Crippen LogP contribution in [-0.4, -0.2) is 22.9 Å². The summed E-state index contributed by atoms with van der Waals surface area (Å²) in [6.45, 7) is 8.94. The Balaban J connectivity index is 2.13. The maximum absolute atomic E-state index is 4.42. The first-order valence-electron chi connectivity index (χ1n) is 5.93. The van der Waals surface area contributed by atoms with Gasteiger partial charge in [-0.05, 0) is 50.8 Å². The number of hydrogen-bond acceptors (Lipinski definition) is 2. The van der Waals surface area contributed by atoms with Crippen molar-refractivity contribution >= 4 is 0 Å². The van der Waals surface area contributed by atoms with E-state index in [-0.39, 0.29) is 0 Å². The Bertz CT molecular complexity index is 316. The summed E-state index contributed by atoms with van der Waals surface area (Å²) in [6.07, 6.45) is 5.51. The Hall–Kier alpha value is -0.830. The van der Waals surface area contributed by atoms with E-state index in [0.717, 1.165) is 19.0 Å². The zero-order valence-corrected chi connectivity index (χ0v) is 9.90. The normalized spacial score (nSPS) is 27.2. The van der Waals surface area contributed by atoms with Crippen LogP contribution in [0.2, 0.25) is 0 Å². The zero-order chi connectivity index (χ0) is 10.8. The summed E-state index contributed by atoms with van der Waals surface area (Å²) in [5.74, 6) is 1.42. The van der Waals surface area contributed by atoms with Crippen LogP contribution in [0.15, 0.2) is 12.4 Å². The zero-order valence-electron chi connectivity index (χ0n) is 9.90. The standard InChI is InChI=1S/C12H21N3/c1-9(2)15-8-11(7-14-15)12-4-5-13-6-10(12)3/h7-10,12-13H,4-6H2,1-3H3. The third kappa shape index (κ3) is 2.23. The van der Waals surface area contributed by atoms with E-state index >= 15 is 0 Å². The molecule has 84 valence electrons. The number of nitrogens with one attached hydrogen (secondary N) is 1. The fourth-order valence-corrected chi connectivity index (χ4v) is 2.34. The summed E-state index contributed by atoms with van der Waals surface area (Å²) in [6, 6.07) is 0.468. The monoisotopic (exact) mass is 207 g/mol. The summed E-state index contributed by atoms with van der Waals surface area (Å²) < 4.78 is 2.06. The van der Waals surface area contributed by atoms with Gasteiger partial charge in [0.15, 0.2) is 0 Å². The van der Waals surface area contributed by atoms with Crippen molar-refractivity contribution in [3.63, 3.8) is 0 Å². The summed E-state index contributed by atoms with van der Waals surface area (Å²) in [5, 5.41) is 7.86. The summed E-state index contributed by atoms with van der Waals surface area (Å²) in [5.41, 5.74) is 1.41. The van der Waals surface area contributed by atoms with Gasteiger partial charge in [0.2, 0.25) is 0 Å². The predicted octanol–water partition coefficient (Wildman–Crippen LogP) is 2.18. The van der Waals surface area contributed by atoms with Crippen LogP contribution in [0, 0.1) is 5.92 Å². The van der Waals surface area contributed by atoms with E-state index < -0.39 is 0 Å². The highest BCUT2D eigenvalue weighted by Gasteiger charge is 2.23. The molecule has 3 nitrogen and oxygen atoms in total. The van der Waals surface area contributed by atoms with Crippen LogP contribution < -0.4 is 5.32 Å². The molecule has 3 heteroatoms. The third-order valence-electron chi connectivity index (χ3n) is 3.36. The second kappa shape index (κ2) is 4.35. The van der Waals surface area contributed by atoms with Gasteiger partial charge in [-0.25, -0.2) is 0 Å². The minimum absolute atomic E-state index is 0.468. The van der Waals surface area contributed by atoms with Crippen LogP contribution in [-0.2, 0) is 0 Å². The number of piperidine rings is 1. The Morgan fingerprint density at radius 2 is 2.33 bits per heavy atom. The summed E-state index contributed by atoms with van der Waals surface area (Å²) >= 11 is 0. The van der Waals surface area contributed by atoms with Crippen LogP contribution in [0.3, 0.4) is 0 Å². The molecule has 1 aliphatic heterocycles. The molecule has 1 N–H and O–H groups in total. The van der Waals surface area contributed by atoms with Gasteiger partial charge >= 0.3 is 0 Å². The lowest BCUT2D eigenvalue weighted by Gasteiger charge is -2.28. The highest BCUT2D eigenvalue weighted by atomic mass is 15.3. The Kier molecular flexibility index (Phi) is 3.10. The van der Waals surface area contributed by atoms with Crippen molar-refractivity contribution in [3.8, 4) is 0 Å². The largest absolute Gasteiger partial charge is 0.316 e. The van der Waals surface area contributed by atoms with Crippen LogP contribution in [0.4, 0.5) is 0 Å². The molecule has 1 aromatic heterocycles. The first kappa shape index (κ1) is 10.7. The molecule has 0 saturated carbocycles. The Labute approximate surface area is 91.9 Å². The number of nitrogens with zero attached hydrogens (tertiary/aromatic N) is 2. The quantitative estimate of drug-likeness (QED) is 0.805. The van der Waals surface area contributed by atoms with Gasteiger partial charge in [0.25, 0.3) is 0 Å². The third-order valence-corrected chi connectivity index (χ3v) is 3.36. The molecule has 0 spiro atoms. The first-order valence-corrected chi connectivity index (χ1v) is 5.93. The van der Waals surface area contributed by atoms with Crippen molar-refractivity contribution in [2.45, 2.75) is 39.2 Å². The van der Waals surface area contributed by atoms with Crippen molar-refractivity contribution in [3.05, 3.63) is 18.0 Å². The lowest BCUT2D eigenvalue weighted by Crippen LogP contribution is -2.33. The fourth-order valence-electron chi connectivity index (χ4n) is 2.34. The second-order valence-corrected chi connectivity index (χ2v) is 4.92. The molecule has 2 atom stereocenters. The summed E-state index contributed by atoms with van der Waals surface area (Å²) in [4.78, 5) is 0. The van der Waals surface area contributed by atoms with E-state index in [2.05, 4.69) is 42.1 Å². The van der Waals surface area contributed by atoms with E-state index in [4.69, 9.17) is 0 Å². The number of aromatic nitrogens is 2. The number of hydrogen-bond donors (Lipinski definition) is 1. The minimum Gasteiger partial charge on any atom is -0.316 e. The molecule has 1 aromatic rings. The van der Waals surface area contributed by atoms with Crippen molar-refractivity contribution in [1.82, 2.24) is 15.1 Å². The van der Waals surface area contributed by atoms with Crippen molar-refractivity contribution in [1.29, 1.82) is 0 Å². The molecule has 1 aliphatic rings. The summed E-state index contributed by atoms with van der Waals surface area (Å²) in [7, 11) is 0. The molecule has 0 bridgehead atoms. The molecule has 2 unspecified atom stereocenters. The van der Waals surface area contributed by atoms with Gasteiger partial charge in [-0.15, -0.1) is 0 Å². The molecule has 0 amide bonds. The topological polar surface area (TPSA) is 29.9 Å². The molecule has 0 aromatic carbocycles. The molecule has 2 rings (SSSR count). The van der Waals surface area contributed by atoms with Crippen LogP contribution in [0.25, 0.3) is 0 Å². The SMILES string of the molecule is CC1CNCCC1c1cnn(C(C)C)c1. The highest BCUT2D eigenvalue weighted by Crippen LogP contribution is 2.29. The first-order chi connectivity index (χ1) is 7.18. The molecule has 0 aliphatic carbocycles. The molecular weight excluding hydrogens is 186 g/mol. The van der Waals surface area contributed by atoms with Crippen molar-refractivity contribution in [2.24, 2.45) is 5.92 Å². The Morgan fingerprint density at radius 1 is 1.53 bits per heavy atom. The van der Waals surface area contributed by atoms with Gasteiger partial charge < -0.3 is 5.32 Å². The van der Waals surface area contributed by atoms with E-state index in [9.17, 15) is 0 Å². The van der Waals surface area contributed by atoms with Gasteiger partial charge in [-0.2, -0.15) is 5.10 Å². The average molecular weight is 207 g/mol. The maximum atomic E-state index is 4.42. The van der Waals surface area contributed by atoms with E-state index in [1.165, 1.54) is 12.0 Å². The van der Waals surface area contributed by atoms with Crippen LogP contribution in [0.5, 0.6) is 0 Å². The lowest BCUT2D eigenvalue weighted by molar-refractivity contribution is 0.349. The van der Waals surface area contributed by atoms with Crippen LogP contribution in [0.1, 0.15) is 44.7 Å². The lowest BCUT2D eigenvalue weighted by atomic mass is 9.84. The molecule has 1 fully saturated rings. The van der Waals surface area contributed by atoms with Crippen LogP contribution >= 0.6 is 0 Å². The number of rotatable bonds is 2.